The summed E-state index contributed by atoms with van der Waals surface area (Å²) in [5.41, 5.74) is 0. The van der Waals surface area contributed by atoms with Crippen LogP contribution in [0.15, 0.2) is 12.4 Å². The lowest BCUT2D eigenvalue weighted by molar-refractivity contribution is 0.584. The molecule has 1 saturated heterocycles. The van der Waals surface area contributed by atoms with Gasteiger partial charge in [-0.05, 0) is 19.8 Å². The summed E-state index contributed by atoms with van der Waals surface area (Å²) in [5.74, 6) is 1.74. The van der Waals surface area contributed by atoms with E-state index in [2.05, 4.69) is 24.9 Å². The summed E-state index contributed by atoms with van der Waals surface area (Å²) < 4.78 is 25.0. The molecule has 1 fully saturated rings. The van der Waals surface area contributed by atoms with E-state index >= 15 is 0 Å². The predicted molar refractivity (Wildman–Crippen MR) is 79.4 cm³/mol. The zero-order chi connectivity index (χ0) is 14.4. The van der Waals surface area contributed by atoms with Crippen molar-refractivity contribution in [2.24, 2.45) is 0 Å². The lowest BCUT2D eigenvalue weighted by atomic mass is 10.4. The van der Waals surface area contributed by atoms with Crippen molar-refractivity contribution >= 4 is 21.7 Å². The summed E-state index contributed by atoms with van der Waals surface area (Å²) in [5, 5.41) is 3.10. The first-order valence-corrected chi connectivity index (χ1v) is 8.54. The third-order valence-corrected chi connectivity index (χ3v) is 4.62. The summed E-state index contributed by atoms with van der Waals surface area (Å²) in [7, 11) is -3.13. The van der Waals surface area contributed by atoms with Crippen LogP contribution in [0.3, 0.4) is 0 Å². The Hall–Kier alpha value is -1.41. The molecule has 112 valence electrons. The lowest BCUT2D eigenvalue weighted by Gasteiger charge is -2.16. The quantitative estimate of drug-likeness (QED) is 0.710. The van der Waals surface area contributed by atoms with E-state index < -0.39 is 10.0 Å². The first-order valence-electron chi connectivity index (χ1n) is 6.89. The van der Waals surface area contributed by atoms with Crippen LogP contribution in [-0.4, -0.2) is 50.3 Å². The molecular weight excluding hydrogens is 278 g/mol. The number of hydrogen-bond donors (Lipinski definition) is 2. The number of anilines is 2. The summed E-state index contributed by atoms with van der Waals surface area (Å²) in [6, 6.07) is 1.90. The molecule has 2 rings (SSSR count). The minimum absolute atomic E-state index is 0.0968. The number of hydrogen-bond acceptors (Lipinski definition) is 6. The van der Waals surface area contributed by atoms with Crippen molar-refractivity contribution in [3.8, 4) is 0 Å². The van der Waals surface area contributed by atoms with Crippen molar-refractivity contribution in [3.63, 3.8) is 0 Å². The van der Waals surface area contributed by atoms with Crippen molar-refractivity contribution < 1.29 is 8.42 Å². The van der Waals surface area contributed by atoms with Crippen LogP contribution in [0.5, 0.6) is 0 Å². The van der Waals surface area contributed by atoms with E-state index in [1.165, 1.54) is 19.2 Å². The molecule has 2 heterocycles. The Morgan fingerprint density at radius 1 is 1.25 bits per heavy atom. The molecule has 0 bridgehead atoms. The lowest BCUT2D eigenvalue weighted by Crippen LogP contribution is -2.30. The second-order valence-corrected chi connectivity index (χ2v) is 6.78. The summed E-state index contributed by atoms with van der Waals surface area (Å²) in [6.45, 7) is 4.52. The first-order chi connectivity index (χ1) is 9.61. The van der Waals surface area contributed by atoms with Gasteiger partial charge in [0.15, 0.2) is 0 Å². The zero-order valence-corrected chi connectivity index (χ0v) is 12.5. The van der Waals surface area contributed by atoms with E-state index in [1.807, 2.05) is 6.07 Å². The molecule has 0 aromatic carbocycles. The van der Waals surface area contributed by atoms with Crippen LogP contribution in [0.1, 0.15) is 19.8 Å². The number of aromatic nitrogens is 2. The van der Waals surface area contributed by atoms with Gasteiger partial charge in [0.05, 0.1) is 5.75 Å². The second kappa shape index (κ2) is 6.85. The molecule has 20 heavy (non-hydrogen) atoms. The standard InChI is InChI=1S/C12H21N5O2S/c1-2-20(18,19)16-6-5-13-11-9-12(15-10-14-11)17-7-3-4-8-17/h9-10,16H,2-8H2,1H3,(H,13,14,15). The maximum atomic E-state index is 11.3. The van der Waals surface area contributed by atoms with Gasteiger partial charge in [-0.25, -0.2) is 23.1 Å². The van der Waals surface area contributed by atoms with Crippen LogP contribution in [-0.2, 0) is 10.0 Å². The Balaban J connectivity index is 1.82. The number of nitrogens with one attached hydrogen (secondary N) is 2. The monoisotopic (exact) mass is 299 g/mol. The van der Waals surface area contributed by atoms with Crippen molar-refractivity contribution in [3.05, 3.63) is 12.4 Å². The van der Waals surface area contributed by atoms with Gasteiger partial charge in [0.25, 0.3) is 0 Å². The van der Waals surface area contributed by atoms with Gasteiger partial charge in [0.2, 0.25) is 10.0 Å². The topological polar surface area (TPSA) is 87.2 Å². The van der Waals surface area contributed by atoms with Gasteiger partial charge in [-0.1, -0.05) is 0 Å². The molecule has 0 atom stereocenters. The van der Waals surface area contributed by atoms with Gasteiger partial charge in [0.1, 0.15) is 18.0 Å². The minimum atomic E-state index is -3.13. The van der Waals surface area contributed by atoms with Crippen molar-refractivity contribution in [1.82, 2.24) is 14.7 Å². The van der Waals surface area contributed by atoms with E-state index in [0.29, 0.717) is 13.1 Å². The average Bonchev–Trinajstić information content (AvgIpc) is 2.98. The summed E-state index contributed by atoms with van der Waals surface area (Å²) >= 11 is 0. The van der Waals surface area contributed by atoms with Crippen molar-refractivity contribution in [1.29, 1.82) is 0 Å². The largest absolute Gasteiger partial charge is 0.369 e. The van der Waals surface area contributed by atoms with Crippen LogP contribution in [0, 0.1) is 0 Å². The Morgan fingerprint density at radius 3 is 2.70 bits per heavy atom. The van der Waals surface area contributed by atoms with Gasteiger partial charge < -0.3 is 10.2 Å². The SMILES string of the molecule is CCS(=O)(=O)NCCNc1cc(N2CCCC2)ncn1. The van der Waals surface area contributed by atoms with Crippen LogP contribution >= 0.6 is 0 Å². The maximum Gasteiger partial charge on any atom is 0.211 e. The summed E-state index contributed by atoms with van der Waals surface area (Å²) in [6.07, 6.45) is 3.93. The molecule has 0 saturated carbocycles. The molecule has 0 radical (unpaired) electrons. The van der Waals surface area contributed by atoms with Crippen LogP contribution < -0.4 is 14.9 Å². The molecule has 1 aliphatic rings. The number of nitrogens with zero attached hydrogens (tertiary/aromatic N) is 3. The minimum Gasteiger partial charge on any atom is -0.369 e. The molecule has 0 aliphatic carbocycles. The molecule has 1 aromatic heterocycles. The normalized spacial score (nSPS) is 15.6. The molecular formula is C12H21N5O2S. The molecule has 0 amide bonds. The molecule has 2 N–H and O–H groups in total. The highest BCUT2D eigenvalue weighted by atomic mass is 32.2. The number of sulfonamides is 1. The Morgan fingerprint density at radius 2 is 2.00 bits per heavy atom. The Labute approximate surface area is 119 Å². The molecule has 0 spiro atoms. The average molecular weight is 299 g/mol. The molecule has 1 aliphatic heterocycles. The van der Waals surface area contributed by atoms with Crippen molar-refractivity contribution in [2.45, 2.75) is 19.8 Å². The van der Waals surface area contributed by atoms with Gasteiger partial charge in [-0.15, -0.1) is 0 Å². The maximum absolute atomic E-state index is 11.3. The second-order valence-electron chi connectivity index (χ2n) is 4.68. The van der Waals surface area contributed by atoms with E-state index in [-0.39, 0.29) is 5.75 Å². The van der Waals surface area contributed by atoms with E-state index in [9.17, 15) is 8.42 Å². The highest BCUT2D eigenvalue weighted by Gasteiger charge is 2.13. The first kappa shape index (κ1) is 15.0. The van der Waals surface area contributed by atoms with Gasteiger partial charge in [-0.2, -0.15) is 0 Å². The highest BCUT2D eigenvalue weighted by molar-refractivity contribution is 7.89. The van der Waals surface area contributed by atoms with Gasteiger partial charge >= 0.3 is 0 Å². The van der Waals surface area contributed by atoms with Gasteiger partial charge in [-0.3, -0.25) is 0 Å². The smallest absolute Gasteiger partial charge is 0.211 e. The van der Waals surface area contributed by atoms with Crippen LogP contribution in [0.2, 0.25) is 0 Å². The Kier molecular flexibility index (Phi) is 5.13. The fourth-order valence-electron chi connectivity index (χ4n) is 2.06. The fraction of sp³-hybridized carbons (Fsp3) is 0.667. The third kappa shape index (κ3) is 4.31. The van der Waals surface area contributed by atoms with Crippen LogP contribution in [0.25, 0.3) is 0 Å². The zero-order valence-electron chi connectivity index (χ0n) is 11.7. The predicted octanol–water partition coefficient (Wildman–Crippen LogP) is 0.428. The third-order valence-electron chi connectivity index (χ3n) is 3.22. The Bertz CT molecular complexity index is 528. The van der Waals surface area contributed by atoms with Crippen LogP contribution in [0.4, 0.5) is 11.6 Å². The molecule has 8 heteroatoms. The van der Waals surface area contributed by atoms with Crippen molar-refractivity contribution in [2.75, 3.05) is 42.1 Å². The molecule has 7 nitrogen and oxygen atoms in total. The fourth-order valence-corrected chi connectivity index (χ4v) is 2.68. The van der Waals surface area contributed by atoms with E-state index in [4.69, 9.17) is 0 Å². The van der Waals surface area contributed by atoms with E-state index in [1.54, 1.807) is 6.92 Å². The highest BCUT2D eigenvalue weighted by Crippen LogP contribution is 2.18. The molecule has 1 aromatic rings. The molecule has 0 unspecified atom stereocenters. The van der Waals surface area contributed by atoms with E-state index in [0.717, 1.165) is 24.7 Å². The van der Waals surface area contributed by atoms with Gasteiger partial charge in [0, 0.05) is 32.2 Å². The summed E-state index contributed by atoms with van der Waals surface area (Å²) in [4.78, 5) is 10.6. The number of rotatable bonds is 7.